The number of carbonyl (C=O) groups is 2. The van der Waals surface area contributed by atoms with Gasteiger partial charge in [-0.2, -0.15) is 0 Å². The van der Waals surface area contributed by atoms with E-state index in [0.29, 0.717) is 47.8 Å². The third-order valence-electron chi connectivity index (χ3n) is 6.34. The Kier molecular flexibility index (Phi) is 5.79. The van der Waals surface area contributed by atoms with E-state index < -0.39 is 0 Å². The lowest BCUT2D eigenvalue weighted by atomic mass is 9.73. The fourth-order valence-corrected chi connectivity index (χ4v) is 4.71. The molecule has 0 unspecified atom stereocenters. The van der Waals surface area contributed by atoms with Gasteiger partial charge in [0.15, 0.2) is 5.78 Å². The minimum atomic E-state index is -0.380. The molecule has 1 fully saturated rings. The minimum absolute atomic E-state index is 0.0289. The molecule has 0 radical (unpaired) electrons. The Labute approximate surface area is 187 Å². The first kappa shape index (κ1) is 21.8. The summed E-state index contributed by atoms with van der Waals surface area (Å²) < 4.78 is 1.42. The Balaban J connectivity index is 1.86. The smallest absolute Gasteiger partial charge is 0.268 e. The number of hydrogen-bond acceptors (Lipinski definition) is 4. The third kappa shape index (κ3) is 4.19. The summed E-state index contributed by atoms with van der Waals surface area (Å²) in [6.45, 7) is 9.78. The Morgan fingerprint density at radius 1 is 1.03 bits per heavy atom. The predicted octanol–water partition coefficient (Wildman–Crippen LogP) is 3.42. The number of aromatic nitrogens is 1. The van der Waals surface area contributed by atoms with Crippen LogP contribution in [0, 0.1) is 5.41 Å². The Morgan fingerprint density at radius 2 is 1.68 bits per heavy atom. The fraction of sp³-hybridized carbons (Fsp3) is 0.458. The normalized spacial score (nSPS) is 18.7. The molecule has 2 heterocycles. The summed E-state index contributed by atoms with van der Waals surface area (Å²) in [6.07, 6.45) is 2.52. The van der Waals surface area contributed by atoms with Gasteiger partial charge < -0.3 is 9.80 Å². The van der Waals surface area contributed by atoms with Crippen LogP contribution in [0.3, 0.4) is 0 Å². The molecule has 0 atom stereocenters. The van der Waals surface area contributed by atoms with Crippen LogP contribution in [0.5, 0.6) is 0 Å². The van der Waals surface area contributed by atoms with Crippen molar-refractivity contribution >= 4 is 23.3 Å². The summed E-state index contributed by atoms with van der Waals surface area (Å²) in [7, 11) is 0. The molecule has 1 aliphatic heterocycles. The van der Waals surface area contributed by atoms with Crippen LogP contribution in [-0.4, -0.2) is 58.8 Å². The van der Waals surface area contributed by atoms with E-state index in [0.717, 1.165) is 19.6 Å². The zero-order chi connectivity index (χ0) is 22.3. The number of Topliss-reactive ketones (excluding diaryl/α,β-unsaturated/α-hetero) is 1. The first-order chi connectivity index (χ1) is 14.7. The van der Waals surface area contributed by atoms with Gasteiger partial charge in [0, 0.05) is 55.1 Å². The van der Waals surface area contributed by atoms with E-state index in [-0.39, 0.29) is 28.2 Å². The summed E-state index contributed by atoms with van der Waals surface area (Å²) in [5.74, 6) is -0.301. The molecule has 0 spiro atoms. The van der Waals surface area contributed by atoms with Gasteiger partial charge in [-0.05, 0) is 48.2 Å². The Morgan fingerprint density at radius 3 is 2.29 bits per heavy atom. The maximum absolute atomic E-state index is 13.6. The Hall–Kier alpha value is -2.44. The SMILES string of the molecule is CCN1CCN(C(=O)c2c3c(cn(-c4ccc(Cl)cc4)c2=O)C(=O)CC(C)(C)C3)CC1. The van der Waals surface area contributed by atoms with Gasteiger partial charge in [0.05, 0.1) is 0 Å². The lowest BCUT2D eigenvalue weighted by Crippen LogP contribution is -2.50. The number of rotatable bonds is 3. The molecular weight excluding hydrogens is 414 g/mol. The molecular formula is C24H28ClN3O3. The van der Waals surface area contributed by atoms with Gasteiger partial charge in [0.2, 0.25) is 0 Å². The molecule has 1 aliphatic carbocycles. The van der Waals surface area contributed by atoms with Crippen molar-refractivity contribution in [3.05, 3.63) is 62.5 Å². The largest absolute Gasteiger partial charge is 0.336 e. The second kappa shape index (κ2) is 8.24. The number of amides is 1. The number of carbonyl (C=O) groups excluding carboxylic acids is 2. The second-order valence-corrected chi connectivity index (χ2v) is 9.65. The van der Waals surface area contributed by atoms with E-state index in [4.69, 9.17) is 11.6 Å². The van der Waals surface area contributed by atoms with Crippen LogP contribution in [-0.2, 0) is 6.42 Å². The van der Waals surface area contributed by atoms with Crippen molar-refractivity contribution in [1.82, 2.24) is 14.4 Å². The molecule has 164 valence electrons. The van der Waals surface area contributed by atoms with Crippen LogP contribution >= 0.6 is 11.6 Å². The van der Waals surface area contributed by atoms with Gasteiger partial charge in [-0.1, -0.05) is 32.4 Å². The number of fused-ring (bicyclic) bond motifs is 1. The summed E-state index contributed by atoms with van der Waals surface area (Å²) >= 11 is 6.01. The maximum Gasteiger partial charge on any atom is 0.268 e. The molecule has 2 aliphatic rings. The molecule has 6 nitrogen and oxygen atoms in total. The highest BCUT2D eigenvalue weighted by Gasteiger charge is 2.37. The van der Waals surface area contributed by atoms with Crippen LogP contribution in [0.4, 0.5) is 0 Å². The highest BCUT2D eigenvalue weighted by atomic mass is 35.5. The van der Waals surface area contributed by atoms with Crippen LogP contribution < -0.4 is 5.56 Å². The molecule has 1 aromatic heterocycles. The van der Waals surface area contributed by atoms with Crippen LogP contribution in [0.25, 0.3) is 5.69 Å². The van der Waals surface area contributed by atoms with Crippen molar-refractivity contribution in [2.45, 2.75) is 33.6 Å². The van der Waals surface area contributed by atoms with E-state index >= 15 is 0 Å². The molecule has 0 N–H and O–H groups in total. The van der Waals surface area contributed by atoms with E-state index in [1.165, 1.54) is 4.57 Å². The second-order valence-electron chi connectivity index (χ2n) is 9.22. The van der Waals surface area contributed by atoms with Crippen molar-refractivity contribution in [2.75, 3.05) is 32.7 Å². The summed E-state index contributed by atoms with van der Waals surface area (Å²) in [5.41, 5.74) is 1.12. The molecule has 1 amide bonds. The van der Waals surface area contributed by atoms with E-state index in [1.54, 1.807) is 35.4 Å². The molecule has 1 aromatic carbocycles. The van der Waals surface area contributed by atoms with Crippen molar-refractivity contribution in [3.8, 4) is 5.69 Å². The van der Waals surface area contributed by atoms with Crippen molar-refractivity contribution < 1.29 is 9.59 Å². The van der Waals surface area contributed by atoms with E-state index in [2.05, 4.69) is 11.8 Å². The summed E-state index contributed by atoms with van der Waals surface area (Å²) in [5, 5.41) is 0.553. The molecule has 0 saturated carbocycles. The standard InChI is InChI=1S/C24H28ClN3O3/c1-4-26-9-11-27(12-10-26)22(30)21-18-13-24(2,3)14-20(29)19(18)15-28(23(21)31)17-7-5-16(25)6-8-17/h5-8,15H,4,9-14H2,1-3H3. The van der Waals surface area contributed by atoms with Crippen LogP contribution in [0.1, 0.15) is 53.5 Å². The average Bonchev–Trinajstić information content (AvgIpc) is 2.73. The topological polar surface area (TPSA) is 62.6 Å². The summed E-state index contributed by atoms with van der Waals surface area (Å²) in [6, 6.07) is 6.83. The first-order valence-electron chi connectivity index (χ1n) is 10.8. The number of halogens is 1. The lowest BCUT2D eigenvalue weighted by Gasteiger charge is -2.36. The molecule has 7 heteroatoms. The van der Waals surface area contributed by atoms with Crippen LogP contribution in [0.15, 0.2) is 35.3 Å². The molecule has 2 aromatic rings. The highest BCUT2D eigenvalue weighted by Crippen LogP contribution is 2.36. The number of hydrogen-bond donors (Lipinski definition) is 0. The minimum Gasteiger partial charge on any atom is -0.336 e. The first-order valence-corrected chi connectivity index (χ1v) is 11.2. The number of likely N-dealkylation sites (N-methyl/N-ethyl adjacent to an activating group) is 1. The molecule has 0 bridgehead atoms. The number of pyridine rings is 1. The zero-order valence-corrected chi connectivity index (χ0v) is 19.0. The van der Waals surface area contributed by atoms with Crippen molar-refractivity contribution in [3.63, 3.8) is 0 Å². The van der Waals surface area contributed by atoms with Gasteiger partial charge in [-0.15, -0.1) is 0 Å². The quantitative estimate of drug-likeness (QED) is 0.732. The lowest BCUT2D eigenvalue weighted by molar-refractivity contribution is 0.0639. The van der Waals surface area contributed by atoms with Gasteiger partial charge in [-0.3, -0.25) is 19.0 Å². The van der Waals surface area contributed by atoms with Crippen molar-refractivity contribution in [2.24, 2.45) is 5.41 Å². The Bertz CT molecular complexity index is 1080. The molecule has 4 rings (SSSR count). The molecule has 31 heavy (non-hydrogen) atoms. The van der Waals surface area contributed by atoms with Crippen LogP contribution in [0.2, 0.25) is 5.02 Å². The number of benzene rings is 1. The number of nitrogens with zero attached hydrogens (tertiary/aromatic N) is 3. The fourth-order valence-electron chi connectivity index (χ4n) is 4.58. The van der Waals surface area contributed by atoms with Gasteiger partial charge >= 0.3 is 0 Å². The predicted molar refractivity (Wildman–Crippen MR) is 121 cm³/mol. The average molecular weight is 442 g/mol. The van der Waals surface area contributed by atoms with Crippen molar-refractivity contribution in [1.29, 1.82) is 0 Å². The molecule has 1 saturated heterocycles. The summed E-state index contributed by atoms with van der Waals surface area (Å²) in [4.78, 5) is 44.3. The van der Waals surface area contributed by atoms with Gasteiger partial charge in [-0.25, -0.2) is 0 Å². The zero-order valence-electron chi connectivity index (χ0n) is 18.3. The number of piperazine rings is 1. The third-order valence-corrected chi connectivity index (χ3v) is 6.59. The monoisotopic (exact) mass is 441 g/mol. The van der Waals surface area contributed by atoms with Gasteiger partial charge in [0.1, 0.15) is 5.56 Å². The number of ketones is 1. The maximum atomic E-state index is 13.6. The van der Waals surface area contributed by atoms with Gasteiger partial charge in [0.25, 0.3) is 11.5 Å². The van der Waals surface area contributed by atoms with E-state index in [1.807, 2.05) is 13.8 Å². The van der Waals surface area contributed by atoms with E-state index in [9.17, 15) is 14.4 Å². The highest BCUT2D eigenvalue weighted by molar-refractivity contribution is 6.30.